The van der Waals surface area contributed by atoms with Crippen molar-refractivity contribution in [2.75, 3.05) is 6.61 Å². The Balaban J connectivity index is 0. The zero-order chi connectivity index (χ0) is 9.28. The van der Waals surface area contributed by atoms with Gasteiger partial charge in [0.2, 0.25) is 0 Å². The smallest absolute Gasteiger partial charge is 0.300 e. The number of carboxylic acid groups (broad SMARTS) is 1. The summed E-state index contributed by atoms with van der Waals surface area (Å²) in [4.78, 5) is 9.00. The van der Waals surface area contributed by atoms with Crippen molar-refractivity contribution < 1.29 is 14.6 Å². The molecule has 3 nitrogen and oxygen atoms in total. The number of aliphatic carboxylic acids is 1. The average molecular weight is 160 g/mol. The van der Waals surface area contributed by atoms with E-state index in [4.69, 9.17) is 14.6 Å². The van der Waals surface area contributed by atoms with Crippen molar-refractivity contribution >= 4 is 5.97 Å². The van der Waals surface area contributed by atoms with Crippen LogP contribution in [0.5, 0.6) is 0 Å². The number of hydrogen-bond donors (Lipinski definition) is 1. The summed E-state index contributed by atoms with van der Waals surface area (Å²) in [5.41, 5.74) is 0. The van der Waals surface area contributed by atoms with Crippen LogP contribution in [0.15, 0.2) is 12.8 Å². The first-order valence-corrected chi connectivity index (χ1v) is 3.42. The quantitative estimate of drug-likeness (QED) is 0.641. The van der Waals surface area contributed by atoms with Crippen molar-refractivity contribution in [3.8, 4) is 0 Å². The third kappa shape index (κ3) is 48.9. The van der Waals surface area contributed by atoms with Crippen LogP contribution in [-0.2, 0) is 9.53 Å². The van der Waals surface area contributed by atoms with Crippen molar-refractivity contribution in [3.63, 3.8) is 0 Å². The molecule has 0 spiro atoms. The molecule has 0 rings (SSSR count). The molecule has 0 aliphatic rings. The van der Waals surface area contributed by atoms with E-state index in [1.165, 1.54) is 6.26 Å². The van der Waals surface area contributed by atoms with Crippen LogP contribution >= 0.6 is 0 Å². The molecule has 0 aromatic carbocycles. The van der Waals surface area contributed by atoms with E-state index in [-0.39, 0.29) is 0 Å². The van der Waals surface area contributed by atoms with E-state index in [1.807, 2.05) is 0 Å². The fraction of sp³-hybridized carbons (Fsp3) is 0.625. The van der Waals surface area contributed by atoms with Crippen LogP contribution in [0.2, 0.25) is 0 Å². The summed E-state index contributed by atoms with van der Waals surface area (Å²) in [6, 6.07) is 0. The number of hydrogen-bond acceptors (Lipinski definition) is 2. The summed E-state index contributed by atoms with van der Waals surface area (Å²) in [6.45, 7) is 9.48. The minimum Gasteiger partial charge on any atom is -0.502 e. The van der Waals surface area contributed by atoms with Gasteiger partial charge in [-0.3, -0.25) is 4.79 Å². The van der Waals surface area contributed by atoms with E-state index in [2.05, 4.69) is 20.4 Å². The minimum atomic E-state index is -0.833. The topological polar surface area (TPSA) is 46.5 Å². The molecule has 0 saturated carbocycles. The highest BCUT2D eigenvalue weighted by Crippen LogP contribution is 1.90. The predicted octanol–water partition coefficient (Wildman–Crippen LogP) is 1.89. The lowest BCUT2D eigenvalue weighted by atomic mass is 10.2. The number of carboxylic acids is 1. The van der Waals surface area contributed by atoms with E-state index in [1.54, 1.807) is 0 Å². The second-order valence-electron chi connectivity index (χ2n) is 2.41. The molecule has 0 aliphatic carbocycles. The molecule has 0 amide bonds. The third-order valence-electron chi connectivity index (χ3n) is 0.547. The van der Waals surface area contributed by atoms with Crippen molar-refractivity contribution in [3.05, 3.63) is 12.8 Å². The van der Waals surface area contributed by atoms with Gasteiger partial charge in [-0.05, 0) is 5.92 Å². The van der Waals surface area contributed by atoms with E-state index < -0.39 is 5.97 Å². The summed E-state index contributed by atoms with van der Waals surface area (Å²) in [6.07, 6.45) is 1.47. The van der Waals surface area contributed by atoms with Crippen LogP contribution in [-0.4, -0.2) is 17.7 Å². The van der Waals surface area contributed by atoms with Gasteiger partial charge in [-0.15, -0.1) is 0 Å². The van der Waals surface area contributed by atoms with E-state index in [0.717, 1.165) is 13.5 Å². The van der Waals surface area contributed by atoms with Gasteiger partial charge in [-0.25, -0.2) is 0 Å². The highest BCUT2D eigenvalue weighted by molar-refractivity contribution is 5.62. The summed E-state index contributed by atoms with van der Waals surface area (Å²) in [5.74, 6) is -0.224. The first-order valence-electron chi connectivity index (χ1n) is 3.42. The lowest BCUT2D eigenvalue weighted by Gasteiger charge is -2.00. The van der Waals surface area contributed by atoms with Gasteiger partial charge in [-0.1, -0.05) is 20.4 Å². The fourth-order valence-electron chi connectivity index (χ4n) is 0.260. The van der Waals surface area contributed by atoms with Crippen molar-refractivity contribution in [2.24, 2.45) is 5.92 Å². The molecule has 1 N–H and O–H groups in total. The maximum absolute atomic E-state index is 9.00. The number of rotatable bonds is 3. The van der Waals surface area contributed by atoms with E-state index in [9.17, 15) is 0 Å². The molecule has 0 radical (unpaired) electrons. The third-order valence-corrected chi connectivity index (χ3v) is 0.547. The first kappa shape index (κ1) is 12.7. The second kappa shape index (κ2) is 9.01. The SMILES string of the molecule is C=COCC(C)C.CC(=O)O. The summed E-state index contributed by atoms with van der Waals surface area (Å²) >= 11 is 0. The van der Waals surface area contributed by atoms with Crippen LogP contribution in [0.1, 0.15) is 20.8 Å². The molecular formula is C8H16O3. The Kier molecular flexibility index (Phi) is 10.4. The Labute approximate surface area is 67.7 Å². The minimum absolute atomic E-state index is 0.609. The normalized spacial score (nSPS) is 8.00. The van der Waals surface area contributed by atoms with Crippen LogP contribution in [0.3, 0.4) is 0 Å². The van der Waals surface area contributed by atoms with Gasteiger partial charge < -0.3 is 9.84 Å². The Hall–Kier alpha value is -0.990. The van der Waals surface area contributed by atoms with Crippen LogP contribution in [0.4, 0.5) is 0 Å². The van der Waals surface area contributed by atoms with Crippen molar-refractivity contribution in [1.82, 2.24) is 0 Å². The molecule has 0 fully saturated rings. The summed E-state index contributed by atoms with van der Waals surface area (Å²) in [5, 5.41) is 7.42. The highest BCUT2D eigenvalue weighted by Gasteiger charge is 1.87. The van der Waals surface area contributed by atoms with Gasteiger partial charge in [0, 0.05) is 6.92 Å². The Morgan fingerprint density at radius 2 is 2.09 bits per heavy atom. The maximum atomic E-state index is 9.00. The van der Waals surface area contributed by atoms with Crippen LogP contribution in [0, 0.1) is 5.92 Å². The average Bonchev–Trinajstić information content (AvgIpc) is 1.82. The molecule has 0 aromatic rings. The predicted molar refractivity (Wildman–Crippen MR) is 44.3 cm³/mol. The van der Waals surface area contributed by atoms with Gasteiger partial charge in [-0.2, -0.15) is 0 Å². The Bertz CT molecular complexity index is 104. The molecule has 0 unspecified atom stereocenters. The molecule has 0 aliphatic heterocycles. The summed E-state index contributed by atoms with van der Waals surface area (Å²) < 4.78 is 4.86. The number of carbonyl (C=O) groups is 1. The van der Waals surface area contributed by atoms with Gasteiger partial charge in [0.25, 0.3) is 5.97 Å². The molecule has 66 valence electrons. The van der Waals surface area contributed by atoms with Gasteiger partial charge in [0.15, 0.2) is 0 Å². The monoisotopic (exact) mass is 160 g/mol. The molecule has 3 heteroatoms. The Morgan fingerprint density at radius 3 is 2.18 bits per heavy atom. The molecule has 11 heavy (non-hydrogen) atoms. The molecule has 0 saturated heterocycles. The molecule has 0 heterocycles. The maximum Gasteiger partial charge on any atom is 0.300 e. The van der Waals surface area contributed by atoms with E-state index >= 15 is 0 Å². The van der Waals surface area contributed by atoms with Gasteiger partial charge in [0.1, 0.15) is 0 Å². The standard InChI is InChI=1S/C6H12O.C2H4O2/c1-4-7-5-6(2)3;1-2(3)4/h4,6H,1,5H2,2-3H3;1H3,(H,3,4). The molecule has 0 bridgehead atoms. The van der Waals surface area contributed by atoms with Gasteiger partial charge >= 0.3 is 0 Å². The zero-order valence-electron chi connectivity index (χ0n) is 7.33. The van der Waals surface area contributed by atoms with Crippen molar-refractivity contribution in [1.29, 1.82) is 0 Å². The largest absolute Gasteiger partial charge is 0.502 e. The van der Waals surface area contributed by atoms with Crippen LogP contribution in [0.25, 0.3) is 0 Å². The molecular weight excluding hydrogens is 144 g/mol. The lowest BCUT2D eigenvalue weighted by Crippen LogP contribution is -1.95. The number of ether oxygens (including phenoxy) is 1. The van der Waals surface area contributed by atoms with Gasteiger partial charge in [0.05, 0.1) is 12.9 Å². The zero-order valence-corrected chi connectivity index (χ0v) is 7.33. The molecule has 0 aromatic heterocycles. The first-order chi connectivity index (χ1) is 5.00. The Morgan fingerprint density at radius 1 is 1.73 bits per heavy atom. The second-order valence-corrected chi connectivity index (χ2v) is 2.41. The fourth-order valence-corrected chi connectivity index (χ4v) is 0.260. The molecule has 0 atom stereocenters. The van der Waals surface area contributed by atoms with E-state index in [0.29, 0.717) is 5.92 Å². The highest BCUT2D eigenvalue weighted by atomic mass is 16.5. The summed E-state index contributed by atoms with van der Waals surface area (Å²) in [7, 11) is 0. The van der Waals surface area contributed by atoms with Crippen LogP contribution < -0.4 is 0 Å². The van der Waals surface area contributed by atoms with Crippen molar-refractivity contribution in [2.45, 2.75) is 20.8 Å². The lowest BCUT2D eigenvalue weighted by molar-refractivity contribution is -0.134.